The van der Waals surface area contributed by atoms with Gasteiger partial charge in [-0.05, 0) is 62.4 Å². The summed E-state index contributed by atoms with van der Waals surface area (Å²) < 4.78 is 27.8. The van der Waals surface area contributed by atoms with Gasteiger partial charge in [-0.1, -0.05) is 44.2 Å². The molecule has 0 spiro atoms. The zero-order chi connectivity index (χ0) is 24.4. The molecule has 1 atom stereocenters. The van der Waals surface area contributed by atoms with Crippen LogP contribution in [-0.4, -0.2) is 49.7 Å². The van der Waals surface area contributed by atoms with Crippen LogP contribution in [0.4, 0.5) is 5.69 Å². The van der Waals surface area contributed by atoms with Crippen molar-refractivity contribution in [3.63, 3.8) is 0 Å². The summed E-state index contributed by atoms with van der Waals surface area (Å²) in [6.07, 6.45) is 0.783. The lowest BCUT2D eigenvalue weighted by atomic mass is 9.93. The van der Waals surface area contributed by atoms with Gasteiger partial charge >= 0.3 is 0 Å². The molecule has 2 aromatic carbocycles. The van der Waals surface area contributed by atoms with Crippen LogP contribution in [0.1, 0.15) is 38.3 Å². The van der Waals surface area contributed by atoms with Gasteiger partial charge < -0.3 is 5.32 Å². The number of carbonyl (C=O) groups excluding carboxylic acids is 2. The Labute approximate surface area is 196 Å². The molecule has 7 nitrogen and oxygen atoms in total. The van der Waals surface area contributed by atoms with Crippen LogP contribution in [0.5, 0.6) is 0 Å². The van der Waals surface area contributed by atoms with Crippen LogP contribution in [0.2, 0.25) is 0 Å². The van der Waals surface area contributed by atoms with E-state index in [1.54, 1.807) is 25.1 Å². The van der Waals surface area contributed by atoms with Crippen molar-refractivity contribution in [1.29, 1.82) is 0 Å². The molecule has 0 bridgehead atoms. The zero-order valence-corrected chi connectivity index (χ0v) is 20.8. The second kappa shape index (κ2) is 9.65. The summed E-state index contributed by atoms with van der Waals surface area (Å²) in [6, 6.07) is 13.7. The maximum Gasteiger partial charge on any atom is 0.247 e. The molecule has 2 amide bonds. The number of anilines is 1. The van der Waals surface area contributed by atoms with E-state index < -0.39 is 21.5 Å². The molecule has 178 valence electrons. The van der Waals surface area contributed by atoms with Gasteiger partial charge in [0.25, 0.3) is 0 Å². The van der Waals surface area contributed by atoms with Gasteiger partial charge in [0, 0.05) is 18.8 Å². The summed E-state index contributed by atoms with van der Waals surface area (Å²) in [5.41, 5.74) is 1.00. The predicted octanol–water partition coefficient (Wildman–Crippen LogP) is 3.26. The number of sulfonamides is 1. The predicted molar refractivity (Wildman–Crippen MR) is 129 cm³/mol. The lowest BCUT2D eigenvalue weighted by Gasteiger charge is -2.47. The Bertz CT molecular complexity index is 1130. The minimum absolute atomic E-state index is 0.0977. The van der Waals surface area contributed by atoms with Crippen molar-refractivity contribution in [2.24, 2.45) is 5.92 Å². The molecule has 1 N–H and O–H groups in total. The second-order valence-corrected chi connectivity index (χ2v) is 11.3. The Morgan fingerprint density at radius 2 is 1.79 bits per heavy atom. The molecule has 1 saturated heterocycles. The molecule has 3 rings (SSSR count). The number of hydrogen-bond acceptors (Lipinski definition) is 4. The van der Waals surface area contributed by atoms with E-state index in [0.717, 1.165) is 21.9 Å². The molecule has 8 heteroatoms. The smallest absolute Gasteiger partial charge is 0.247 e. The summed E-state index contributed by atoms with van der Waals surface area (Å²) in [4.78, 5) is 28.6. The van der Waals surface area contributed by atoms with Gasteiger partial charge in [0.1, 0.15) is 5.54 Å². The largest absolute Gasteiger partial charge is 0.354 e. The van der Waals surface area contributed by atoms with Crippen LogP contribution >= 0.6 is 0 Å². The van der Waals surface area contributed by atoms with Crippen molar-refractivity contribution in [3.05, 3.63) is 59.7 Å². The topological polar surface area (TPSA) is 86.8 Å². The first-order chi connectivity index (χ1) is 15.5. The van der Waals surface area contributed by atoms with Gasteiger partial charge in [-0.25, -0.2) is 8.42 Å². The van der Waals surface area contributed by atoms with Gasteiger partial charge in [-0.2, -0.15) is 4.31 Å². The minimum atomic E-state index is -3.95. The molecule has 1 aliphatic rings. The summed E-state index contributed by atoms with van der Waals surface area (Å²) in [5.74, 6) is -0.405. The Hall–Kier alpha value is -2.71. The highest BCUT2D eigenvalue weighted by atomic mass is 32.2. The Balaban J connectivity index is 2.05. The highest BCUT2D eigenvalue weighted by Crippen LogP contribution is 2.34. The summed E-state index contributed by atoms with van der Waals surface area (Å²) in [7, 11) is -3.95. The maximum atomic E-state index is 13.5. The van der Waals surface area contributed by atoms with E-state index in [2.05, 4.69) is 19.2 Å². The molecule has 33 heavy (non-hydrogen) atoms. The van der Waals surface area contributed by atoms with Gasteiger partial charge in [0.2, 0.25) is 21.8 Å². The highest BCUT2D eigenvalue weighted by molar-refractivity contribution is 7.89. The SMILES string of the molecule is Cc1ccc(C)c(N2C(=O)CN(S(=O)(=O)c3ccccc3)C[C@]2(C)C(=O)NCCC(C)C)c1. The Morgan fingerprint density at radius 3 is 2.42 bits per heavy atom. The van der Waals surface area contributed by atoms with Crippen LogP contribution in [0.25, 0.3) is 0 Å². The number of carbonyl (C=O) groups is 2. The summed E-state index contributed by atoms with van der Waals surface area (Å²) in [5, 5.41) is 2.94. The summed E-state index contributed by atoms with van der Waals surface area (Å²) in [6.45, 7) is 9.55. The average molecular weight is 472 g/mol. The van der Waals surface area contributed by atoms with Gasteiger partial charge in [-0.3, -0.25) is 14.5 Å². The normalized spacial score (nSPS) is 19.7. The molecule has 0 radical (unpaired) electrons. The van der Waals surface area contributed by atoms with Crippen molar-refractivity contribution in [3.8, 4) is 0 Å². The Kier molecular flexibility index (Phi) is 7.29. The third kappa shape index (κ3) is 5.12. The first-order valence-corrected chi connectivity index (χ1v) is 12.6. The number of piperazine rings is 1. The van der Waals surface area contributed by atoms with Gasteiger partial charge in [-0.15, -0.1) is 0 Å². The number of nitrogens with one attached hydrogen (secondary N) is 1. The summed E-state index contributed by atoms with van der Waals surface area (Å²) >= 11 is 0. The van der Waals surface area contributed by atoms with Crippen molar-refractivity contribution in [2.75, 3.05) is 24.5 Å². The molecule has 1 aliphatic heterocycles. The Morgan fingerprint density at radius 1 is 1.12 bits per heavy atom. The number of nitrogens with zero attached hydrogens (tertiary/aromatic N) is 2. The van der Waals surface area contributed by atoms with Crippen molar-refractivity contribution in [2.45, 2.75) is 51.5 Å². The van der Waals surface area contributed by atoms with Crippen LogP contribution in [0.15, 0.2) is 53.4 Å². The number of benzene rings is 2. The fraction of sp³-hybridized carbons (Fsp3) is 0.440. The molecule has 0 aliphatic carbocycles. The zero-order valence-electron chi connectivity index (χ0n) is 20.0. The molecule has 1 fully saturated rings. The lowest BCUT2D eigenvalue weighted by Crippen LogP contribution is -2.70. The highest BCUT2D eigenvalue weighted by Gasteiger charge is 2.51. The lowest BCUT2D eigenvalue weighted by molar-refractivity contribution is -0.132. The monoisotopic (exact) mass is 471 g/mol. The fourth-order valence-electron chi connectivity index (χ4n) is 4.08. The van der Waals surface area contributed by atoms with Gasteiger partial charge in [0.05, 0.1) is 11.4 Å². The van der Waals surface area contributed by atoms with Crippen LogP contribution in [0.3, 0.4) is 0 Å². The first kappa shape index (κ1) is 24.9. The van der Waals surface area contributed by atoms with Crippen LogP contribution < -0.4 is 10.2 Å². The van der Waals surface area contributed by atoms with E-state index in [-0.39, 0.29) is 23.9 Å². The van der Waals surface area contributed by atoms with Crippen molar-refractivity contribution < 1.29 is 18.0 Å². The first-order valence-electron chi connectivity index (χ1n) is 11.2. The number of hydrogen-bond donors (Lipinski definition) is 1. The van der Waals surface area contributed by atoms with E-state index in [1.165, 1.54) is 17.0 Å². The number of rotatable bonds is 7. The third-order valence-electron chi connectivity index (χ3n) is 6.02. The van der Waals surface area contributed by atoms with Gasteiger partial charge in [0.15, 0.2) is 0 Å². The molecular weight excluding hydrogens is 438 g/mol. The van der Waals surface area contributed by atoms with Crippen molar-refractivity contribution >= 4 is 27.5 Å². The van der Waals surface area contributed by atoms with E-state index >= 15 is 0 Å². The molecule has 0 saturated carbocycles. The van der Waals surface area contributed by atoms with Crippen LogP contribution in [-0.2, 0) is 19.6 Å². The maximum absolute atomic E-state index is 13.5. The average Bonchev–Trinajstić information content (AvgIpc) is 2.75. The van der Waals surface area contributed by atoms with E-state index in [4.69, 9.17) is 0 Å². The molecule has 1 heterocycles. The van der Waals surface area contributed by atoms with E-state index in [9.17, 15) is 18.0 Å². The standard InChI is InChI=1S/C25H33N3O4S/c1-18(2)13-14-26-24(30)25(5)17-27(33(31,32)21-9-7-6-8-10-21)16-23(29)28(25)22-15-19(3)11-12-20(22)4/h6-12,15,18H,13-14,16-17H2,1-5H3,(H,26,30)/t25-/m1/s1. The van der Waals surface area contributed by atoms with Crippen LogP contribution in [0, 0.1) is 19.8 Å². The number of aryl methyl sites for hydroxylation is 2. The minimum Gasteiger partial charge on any atom is -0.354 e. The van der Waals surface area contributed by atoms with E-state index in [0.29, 0.717) is 18.2 Å². The molecule has 0 aromatic heterocycles. The second-order valence-electron chi connectivity index (χ2n) is 9.32. The fourth-order valence-corrected chi connectivity index (χ4v) is 5.58. The quantitative estimate of drug-likeness (QED) is 0.672. The number of amides is 2. The molecule has 0 unspecified atom stereocenters. The molecule has 2 aromatic rings. The van der Waals surface area contributed by atoms with E-state index in [1.807, 2.05) is 32.0 Å². The molecular formula is C25H33N3O4S. The third-order valence-corrected chi connectivity index (χ3v) is 7.83. The van der Waals surface area contributed by atoms with Crippen molar-refractivity contribution in [1.82, 2.24) is 9.62 Å².